The van der Waals surface area contributed by atoms with Crippen molar-refractivity contribution in [3.8, 4) is 0 Å². The molecule has 0 rings (SSSR count). The van der Waals surface area contributed by atoms with Gasteiger partial charge in [-0.15, -0.1) is 18.7 Å². The van der Waals surface area contributed by atoms with Gasteiger partial charge in [0, 0.05) is 73.7 Å². The predicted molar refractivity (Wildman–Crippen MR) is 126 cm³/mol. The summed E-state index contributed by atoms with van der Waals surface area (Å²) in [5, 5.41) is 0. The Morgan fingerprint density at radius 1 is 0.303 bits per heavy atom. The van der Waals surface area contributed by atoms with Gasteiger partial charge in [-0.3, -0.25) is 0 Å². The zero-order valence-electron chi connectivity index (χ0n) is 19.2. The fourth-order valence-electron chi connectivity index (χ4n) is 0.0639. The van der Waals surface area contributed by atoms with E-state index in [2.05, 4.69) is 0 Å². The molecule has 0 amide bonds. The van der Waals surface area contributed by atoms with Crippen LogP contribution in [0.2, 0.25) is 0 Å². The molecule has 33 heavy (non-hydrogen) atoms. The maximum absolute atomic E-state index is 11.3. The van der Waals surface area contributed by atoms with Gasteiger partial charge in [-0.05, 0) is 50.4 Å². The zero-order chi connectivity index (χ0) is 27.4. The molecule has 0 radical (unpaired) electrons. The molecular formula is C9H33CrF12N5P6+6. The molecule has 0 atom stereocenters. The van der Waals surface area contributed by atoms with E-state index in [4.69, 9.17) is 0 Å². The van der Waals surface area contributed by atoms with Crippen LogP contribution in [0.25, 0.3) is 0 Å². The van der Waals surface area contributed by atoms with E-state index in [1.54, 1.807) is 0 Å². The van der Waals surface area contributed by atoms with Crippen LogP contribution >= 0.6 is 52.2 Å². The summed E-state index contributed by atoms with van der Waals surface area (Å²) < 4.78 is 138. The van der Waals surface area contributed by atoms with Gasteiger partial charge in [-0.2, -0.15) is 0 Å². The van der Waals surface area contributed by atoms with E-state index >= 15 is 0 Å². The monoisotopic (exact) mass is 677 g/mol. The Kier molecular flexibility index (Phi) is 44.2. The molecule has 0 bridgehead atoms. The third kappa shape index (κ3) is 51.6. The van der Waals surface area contributed by atoms with E-state index in [0.717, 1.165) is 25.7 Å². The van der Waals surface area contributed by atoms with Gasteiger partial charge in [-0.25, -0.2) is 0 Å². The number of halogens is 12. The Bertz CT molecular complexity index is 301. The van der Waals surface area contributed by atoms with Crippen LogP contribution in [-0.2, 0) is 17.4 Å². The van der Waals surface area contributed by atoms with Crippen molar-refractivity contribution < 1.29 is 67.7 Å². The van der Waals surface area contributed by atoms with Crippen LogP contribution in [0.5, 0.6) is 0 Å². The molecule has 0 aromatic carbocycles. The van der Waals surface area contributed by atoms with Gasteiger partial charge in [0.25, 0.3) is 0 Å². The molecule has 0 aliphatic carbocycles. The Morgan fingerprint density at radius 2 is 0.394 bits per heavy atom. The molecule has 0 aliphatic heterocycles. The standard InChI is InChI=1S/4C2H6F2NP.CH3F4NP2.Cr/c4*1-5(2)6(3)4;1-6(7(2)3)8(4)5;/h4*1-2H3;1H3;/p+6. The van der Waals surface area contributed by atoms with Crippen LogP contribution in [-0.4, -0.2) is 86.6 Å². The third-order valence-electron chi connectivity index (χ3n) is 1.86. The smallest absolute Gasteiger partial charge is 0.128 e. The molecule has 0 aromatic rings. The molecular weight excluding hydrogens is 644 g/mol. The van der Waals surface area contributed by atoms with Crippen LogP contribution in [0, 0.1) is 0 Å². The molecule has 208 valence electrons. The fraction of sp³-hybridized carbons (Fsp3) is 1.00. The zero-order valence-corrected chi connectivity index (χ0v) is 26.5. The van der Waals surface area contributed by atoms with Crippen molar-refractivity contribution in [1.82, 2.24) is 23.1 Å². The van der Waals surface area contributed by atoms with Gasteiger partial charge < -0.3 is 0 Å². The molecule has 0 N–H and O–H groups in total. The molecule has 0 saturated heterocycles. The molecule has 0 spiro atoms. The van der Waals surface area contributed by atoms with Crippen molar-refractivity contribution >= 4 is 52.2 Å². The minimum absolute atomic E-state index is 0. The SMILES string of the molecule is CN(C)[PH+](F)F.CN(C)[PH+](F)F.CN(C)[PH+](F)F.CN(C)[PH+](F)F.CN([PH+](F)F)[PH+](F)F.[Cr]. The van der Waals surface area contributed by atoms with E-state index in [9.17, 15) is 50.4 Å². The molecule has 0 aliphatic rings. The van der Waals surface area contributed by atoms with E-state index in [1.807, 2.05) is 0 Å². The van der Waals surface area contributed by atoms with Crippen LogP contribution < -0.4 is 0 Å². The van der Waals surface area contributed by atoms with E-state index in [1.165, 1.54) is 56.4 Å². The summed E-state index contributed by atoms with van der Waals surface area (Å²) in [5.41, 5.74) is 0. The van der Waals surface area contributed by atoms with Crippen molar-refractivity contribution in [1.29, 1.82) is 0 Å². The number of rotatable bonds is 6. The molecule has 0 saturated carbocycles. The summed E-state index contributed by atoms with van der Waals surface area (Å²) in [6.45, 7) is 0. The van der Waals surface area contributed by atoms with Gasteiger partial charge >= 0.3 is 52.2 Å². The quantitative estimate of drug-likeness (QED) is 0.207. The summed E-state index contributed by atoms with van der Waals surface area (Å²) in [7, 11) is -8.55. The number of nitrogens with zero attached hydrogens (tertiary/aromatic N) is 5. The van der Waals surface area contributed by atoms with E-state index < -0.39 is 52.2 Å². The summed E-state index contributed by atoms with van der Waals surface area (Å²) >= 11 is 0. The van der Waals surface area contributed by atoms with Gasteiger partial charge in [0.15, 0.2) is 0 Å². The second-order valence-corrected chi connectivity index (χ2v) is 13.8. The second kappa shape index (κ2) is 30.3. The maximum Gasteiger partial charge on any atom is 0.486 e. The minimum atomic E-state index is -3.88. The topological polar surface area (TPSA) is 16.2 Å². The van der Waals surface area contributed by atoms with Gasteiger partial charge in [0.2, 0.25) is 0 Å². The van der Waals surface area contributed by atoms with Crippen LogP contribution in [0.4, 0.5) is 50.4 Å². The molecule has 24 heteroatoms. The molecule has 0 heterocycles. The molecule has 0 fully saturated rings. The Balaban J connectivity index is -0.0000000689. The Morgan fingerprint density at radius 3 is 0.394 bits per heavy atom. The minimum Gasteiger partial charge on any atom is -0.128 e. The third-order valence-corrected chi connectivity index (χ3v) is 6.59. The van der Waals surface area contributed by atoms with Crippen LogP contribution in [0.3, 0.4) is 0 Å². The Labute approximate surface area is 206 Å². The molecule has 0 unspecified atom stereocenters. The first kappa shape index (κ1) is 48.2. The summed E-state index contributed by atoms with van der Waals surface area (Å²) in [6, 6.07) is 0. The summed E-state index contributed by atoms with van der Waals surface area (Å²) in [6.07, 6.45) is 0. The molecule has 5 nitrogen and oxygen atoms in total. The van der Waals surface area contributed by atoms with Crippen molar-refractivity contribution in [2.24, 2.45) is 0 Å². The first-order chi connectivity index (χ1) is 14.1. The first-order valence-electron chi connectivity index (χ1n) is 7.63. The average Bonchev–Trinajstić information content (AvgIpc) is 2.62. The van der Waals surface area contributed by atoms with Crippen molar-refractivity contribution in [3.63, 3.8) is 0 Å². The molecule has 0 aromatic heterocycles. The van der Waals surface area contributed by atoms with Gasteiger partial charge in [-0.1, -0.05) is 0 Å². The number of hydrogen-bond acceptors (Lipinski definition) is 5. The fourth-order valence-corrected chi connectivity index (χ4v) is 0.575. The van der Waals surface area contributed by atoms with Crippen molar-refractivity contribution in [2.75, 3.05) is 63.4 Å². The summed E-state index contributed by atoms with van der Waals surface area (Å²) in [4.78, 5) is 0. The largest absolute Gasteiger partial charge is 0.486 e. The van der Waals surface area contributed by atoms with Gasteiger partial charge in [0.1, 0.15) is 0 Å². The Hall–Kier alpha value is 2.07. The second-order valence-electron chi connectivity index (χ2n) is 5.58. The summed E-state index contributed by atoms with van der Waals surface area (Å²) in [5.74, 6) is 0. The van der Waals surface area contributed by atoms with E-state index in [0.29, 0.717) is 0 Å². The average molecular weight is 677 g/mol. The first-order valence-corrected chi connectivity index (χ1v) is 14.9. The van der Waals surface area contributed by atoms with Gasteiger partial charge in [0.05, 0.1) is 11.5 Å². The van der Waals surface area contributed by atoms with Crippen LogP contribution in [0.15, 0.2) is 0 Å². The normalized spacial score (nSPS) is 10.9. The predicted octanol–water partition coefficient (Wildman–Crippen LogP) is 8.50. The van der Waals surface area contributed by atoms with Crippen LogP contribution in [0.1, 0.15) is 0 Å². The van der Waals surface area contributed by atoms with Crippen molar-refractivity contribution in [2.45, 2.75) is 0 Å². The maximum atomic E-state index is 11.3. The number of hydrogen-bond donors (Lipinski definition) is 0. The van der Waals surface area contributed by atoms with Crippen molar-refractivity contribution in [3.05, 3.63) is 0 Å². The van der Waals surface area contributed by atoms with E-state index in [-0.39, 0.29) is 21.8 Å².